The molecule has 1 atom stereocenters. The molecule has 3 nitrogen and oxygen atoms in total. The molecule has 0 spiro atoms. The van der Waals surface area contributed by atoms with Crippen molar-refractivity contribution in [3.8, 4) is 11.8 Å². The highest BCUT2D eigenvalue weighted by Crippen LogP contribution is 2.24. The van der Waals surface area contributed by atoms with E-state index in [1.54, 1.807) is 6.07 Å². The predicted molar refractivity (Wildman–Crippen MR) is 67.8 cm³/mol. The van der Waals surface area contributed by atoms with Crippen molar-refractivity contribution in [2.24, 2.45) is 5.73 Å². The van der Waals surface area contributed by atoms with Crippen LogP contribution in [0.5, 0.6) is 5.75 Å². The van der Waals surface area contributed by atoms with Gasteiger partial charge in [0.1, 0.15) is 12.4 Å². The third kappa shape index (κ3) is 2.55. The summed E-state index contributed by atoms with van der Waals surface area (Å²) in [5.41, 5.74) is 6.26. The average Bonchev–Trinajstić information content (AvgIpc) is 2.35. The van der Waals surface area contributed by atoms with Crippen LogP contribution in [0.2, 0.25) is 0 Å². The molecule has 86 valence electrons. The molecule has 2 aromatic carbocycles. The van der Waals surface area contributed by atoms with Crippen LogP contribution in [-0.4, -0.2) is 12.6 Å². The summed E-state index contributed by atoms with van der Waals surface area (Å²) in [6.07, 6.45) is 0. The summed E-state index contributed by atoms with van der Waals surface area (Å²) in [6, 6.07) is 13.6. The Morgan fingerprint density at radius 2 is 2.12 bits per heavy atom. The summed E-state index contributed by atoms with van der Waals surface area (Å²) in [5, 5.41) is 11.1. The summed E-state index contributed by atoms with van der Waals surface area (Å²) >= 11 is 0. The van der Waals surface area contributed by atoms with E-state index in [2.05, 4.69) is 6.07 Å². The quantitative estimate of drug-likeness (QED) is 0.874. The van der Waals surface area contributed by atoms with E-state index < -0.39 is 0 Å². The number of fused-ring (bicyclic) bond motifs is 1. The number of hydrogen-bond acceptors (Lipinski definition) is 3. The van der Waals surface area contributed by atoms with Gasteiger partial charge in [-0.3, -0.25) is 0 Å². The second-order valence-electron chi connectivity index (χ2n) is 4.09. The Labute approximate surface area is 100 Å². The molecule has 2 aromatic rings. The monoisotopic (exact) mass is 226 g/mol. The van der Waals surface area contributed by atoms with E-state index in [-0.39, 0.29) is 6.04 Å². The van der Waals surface area contributed by atoms with E-state index in [4.69, 9.17) is 15.7 Å². The lowest BCUT2D eigenvalue weighted by molar-refractivity contribution is 0.296. The SMILES string of the molecule is C[C@H](N)COc1cc(C#N)c2ccccc2c1. The molecule has 0 aromatic heterocycles. The fourth-order valence-electron chi connectivity index (χ4n) is 1.69. The molecule has 0 unspecified atom stereocenters. The van der Waals surface area contributed by atoms with Crippen molar-refractivity contribution < 1.29 is 4.74 Å². The molecule has 0 saturated carbocycles. The summed E-state index contributed by atoms with van der Waals surface area (Å²) in [5.74, 6) is 0.692. The molecular formula is C14H14N2O. The number of nitriles is 1. The van der Waals surface area contributed by atoms with Gasteiger partial charge in [-0.1, -0.05) is 24.3 Å². The molecule has 0 bridgehead atoms. The molecule has 2 rings (SSSR count). The van der Waals surface area contributed by atoms with Crippen LogP contribution in [0.3, 0.4) is 0 Å². The van der Waals surface area contributed by atoms with E-state index in [1.807, 2.05) is 37.3 Å². The Morgan fingerprint density at radius 1 is 1.35 bits per heavy atom. The average molecular weight is 226 g/mol. The Bertz CT molecular complexity index is 570. The maximum atomic E-state index is 9.11. The zero-order chi connectivity index (χ0) is 12.3. The van der Waals surface area contributed by atoms with Gasteiger partial charge in [-0.2, -0.15) is 5.26 Å². The van der Waals surface area contributed by atoms with Gasteiger partial charge in [-0.15, -0.1) is 0 Å². The third-order valence-electron chi connectivity index (χ3n) is 2.47. The molecule has 0 aliphatic carbocycles. The summed E-state index contributed by atoms with van der Waals surface area (Å²) in [7, 11) is 0. The molecule has 0 amide bonds. The Morgan fingerprint density at radius 3 is 2.82 bits per heavy atom. The van der Waals surface area contributed by atoms with Crippen molar-refractivity contribution in [1.29, 1.82) is 5.26 Å². The molecule has 0 aliphatic heterocycles. The minimum atomic E-state index is -0.0213. The zero-order valence-electron chi connectivity index (χ0n) is 9.68. The van der Waals surface area contributed by atoms with Crippen LogP contribution in [-0.2, 0) is 0 Å². The molecule has 3 heteroatoms. The van der Waals surface area contributed by atoms with Crippen LogP contribution < -0.4 is 10.5 Å². The molecule has 17 heavy (non-hydrogen) atoms. The van der Waals surface area contributed by atoms with Gasteiger partial charge in [0, 0.05) is 6.04 Å². The van der Waals surface area contributed by atoms with Gasteiger partial charge in [-0.25, -0.2) is 0 Å². The van der Waals surface area contributed by atoms with Gasteiger partial charge in [0.25, 0.3) is 0 Å². The van der Waals surface area contributed by atoms with Crippen molar-refractivity contribution in [3.05, 3.63) is 42.0 Å². The fraction of sp³-hybridized carbons (Fsp3) is 0.214. The van der Waals surface area contributed by atoms with Gasteiger partial charge in [0.15, 0.2) is 0 Å². The van der Waals surface area contributed by atoms with Gasteiger partial charge in [0.05, 0.1) is 11.6 Å². The smallest absolute Gasteiger partial charge is 0.121 e. The first-order valence-electron chi connectivity index (χ1n) is 5.52. The number of rotatable bonds is 3. The first-order chi connectivity index (χ1) is 8.20. The van der Waals surface area contributed by atoms with E-state index in [9.17, 15) is 0 Å². The fourth-order valence-corrected chi connectivity index (χ4v) is 1.69. The minimum absolute atomic E-state index is 0.0213. The van der Waals surface area contributed by atoms with Gasteiger partial charge >= 0.3 is 0 Å². The number of ether oxygens (including phenoxy) is 1. The van der Waals surface area contributed by atoms with Crippen LogP contribution in [0, 0.1) is 11.3 Å². The van der Waals surface area contributed by atoms with E-state index in [1.165, 1.54) is 0 Å². The maximum Gasteiger partial charge on any atom is 0.121 e. The number of nitrogens with two attached hydrogens (primary N) is 1. The largest absolute Gasteiger partial charge is 0.492 e. The standard InChI is InChI=1S/C14H14N2O/c1-10(16)9-17-13-6-11-4-2-3-5-14(11)12(7-13)8-15/h2-7,10H,9,16H2,1H3/t10-/m0/s1. The Balaban J connectivity index is 2.43. The predicted octanol–water partition coefficient (Wildman–Crippen LogP) is 2.44. The lowest BCUT2D eigenvalue weighted by Gasteiger charge is -2.10. The topological polar surface area (TPSA) is 59.0 Å². The first kappa shape index (κ1) is 11.4. The van der Waals surface area contributed by atoms with Crippen LogP contribution in [0.4, 0.5) is 0 Å². The van der Waals surface area contributed by atoms with Crippen LogP contribution in [0.15, 0.2) is 36.4 Å². The van der Waals surface area contributed by atoms with Crippen LogP contribution >= 0.6 is 0 Å². The lowest BCUT2D eigenvalue weighted by atomic mass is 10.1. The number of nitrogens with zero attached hydrogens (tertiary/aromatic N) is 1. The van der Waals surface area contributed by atoms with Gasteiger partial charge < -0.3 is 10.5 Å². The highest BCUT2D eigenvalue weighted by atomic mass is 16.5. The van der Waals surface area contributed by atoms with Crippen molar-refractivity contribution in [2.45, 2.75) is 13.0 Å². The second-order valence-corrected chi connectivity index (χ2v) is 4.09. The summed E-state index contributed by atoms with van der Waals surface area (Å²) in [4.78, 5) is 0. The molecule has 0 saturated heterocycles. The third-order valence-corrected chi connectivity index (χ3v) is 2.47. The number of hydrogen-bond donors (Lipinski definition) is 1. The van der Waals surface area contributed by atoms with Crippen molar-refractivity contribution >= 4 is 10.8 Å². The highest BCUT2D eigenvalue weighted by Gasteiger charge is 2.04. The van der Waals surface area contributed by atoms with Crippen molar-refractivity contribution in [3.63, 3.8) is 0 Å². The lowest BCUT2D eigenvalue weighted by Crippen LogP contribution is -2.23. The normalized spacial score (nSPS) is 12.1. The second kappa shape index (κ2) is 4.86. The molecule has 0 aliphatic rings. The van der Waals surface area contributed by atoms with Gasteiger partial charge in [-0.05, 0) is 29.8 Å². The maximum absolute atomic E-state index is 9.11. The molecule has 0 fully saturated rings. The van der Waals surface area contributed by atoms with E-state index in [0.717, 1.165) is 10.8 Å². The Kier molecular flexibility index (Phi) is 3.27. The zero-order valence-corrected chi connectivity index (χ0v) is 9.68. The van der Waals surface area contributed by atoms with Crippen molar-refractivity contribution in [2.75, 3.05) is 6.61 Å². The molecule has 2 N–H and O–H groups in total. The summed E-state index contributed by atoms with van der Waals surface area (Å²) < 4.78 is 5.54. The Hall–Kier alpha value is -2.05. The van der Waals surface area contributed by atoms with Crippen molar-refractivity contribution in [1.82, 2.24) is 0 Å². The number of benzene rings is 2. The van der Waals surface area contributed by atoms with E-state index in [0.29, 0.717) is 17.9 Å². The van der Waals surface area contributed by atoms with Gasteiger partial charge in [0.2, 0.25) is 0 Å². The minimum Gasteiger partial charge on any atom is -0.492 e. The van der Waals surface area contributed by atoms with E-state index >= 15 is 0 Å². The van der Waals surface area contributed by atoms with Crippen LogP contribution in [0.1, 0.15) is 12.5 Å². The molecular weight excluding hydrogens is 212 g/mol. The summed E-state index contributed by atoms with van der Waals surface area (Å²) in [6.45, 7) is 2.33. The molecule has 0 radical (unpaired) electrons. The van der Waals surface area contributed by atoms with Crippen LogP contribution in [0.25, 0.3) is 10.8 Å². The highest BCUT2D eigenvalue weighted by molar-refractivity contribution is 5.89. The first-order valence-corrected chi connectivity index (χ1v) is 5.52. The molecule has 0 heterocycles.